The molecule has 0 aliphatic rings. The average Bonchev–Trinajstić information content (AvgIpc) is 2.70. The van der Waals surface area contributed by atoms with Crippen molar-refractivity contribution in [3.05, 3.63) is 23.3 Å². The molecule has 2 rings (SSSR count). The van der Waals surface area contributed by atoms with Crippen LogP contribution in [0.1, 0.15) is 25.6 Å². The topological polar surface area (TPSA) is 71.5 Å². The third-order valence-corrected chi connectivity index (χ3v) is 3.43. The van der Waals surface area contributed by atoms with Gasteiger partial charge in [0.05, 0.1) is 23.2 Å². The summed E-state index contributed by atoms with van der Waals surface area (Å²) in [6.07, 6.45) is 2.76. The van der Waals surface area contributed by atoms with E-state index in [0.29, 0.717) is 5.69 Å². The second kappa shape index (κ2) is 5.14. The minimum atomic E-state index is -0.545. The zero-order valence-electron chi connectivity index (χ0n) is 11.1. The summed E-state index contributed by atoms with van der Waals surface area (Å²) < 4.78 is 6.08. The van der Waals surface area contributed by atoms with Crippen LogP contribution in [0.5, 0.6) is 0 Å². The Labute approximate surface area is 115 Å². The predicted octanol–water partition coefficient (Wildman–Crippen LogP) is 3.14. The molecule has 0 radical (unpaired) electrons. The molecule has 6 heteroatoms. The zero-order valence-corrected chi connectivity index (χ0v) is 11.9. The van der Waals surface area contributed by atoms with Crippen molar-refractivity contribution in [2.24, 2.45) is 0 Å². The van der Waals surface area contributed by atoms with Crippen LogP contribution in [0.25, 0.3) is 10.1 Å². The van der Waals surface area contributed by atoms with Crippen molar-refractivity contribution in [2.75, 3.05) is 5.32 Å². The largest absolute Gasteiger partial charge is 0.444 e. The van der Waals surface area contributed by atoms with Crippen molar-refractivity contribution in [1.29, 1.82) is 0 Å². The predicted molar refractivity (Wildman–Crippen MR) is 75.4 cm³/mol. The number of nitrogens with zero attached hydrogens (tertiary/aromatic N) is 1. The Balaban J connectivity index is 2.25. The molecule has 0 atom stereocenters. The first-order chi connectivity index (χ1) is 8.89. The number of carbonyl (C=O) groups excluding carboxylic acids is 1. The summed E-state index contributed by atoms with van der Waals surface area (Å²) in [7, 11) is 0. The van der Waals surface area contributed by atoms with Gasteiger partial charge in [-0.05, 0) is 26.8 Å². The van der Waals surface area contributed by atoms with E-state index in [1.54, 1.807) is 33.2 Å². The Morgan fingerprint density at radius 2 is 2.21 bits per heavy atom. The number of ether oxygens (including phenoxy) is 1. The van der Waals surface area contributed by atoms with Gasteiger partial charge in [-0.3, -0.25) is 10.3 Å². The summed E-state index contributed by atoms with van der Waals surface area (Å²) in [5.74, 6) is 0. The number of anilines is 1. The van der Waals surface area contributed by atoms with E-state index in [9.17, 15) is 4.79 Å². The maximum atomic E-state index is 11.7. The molecule has 0 bridgehead atoms. The highest BCUT2D eigenvalue weighted by molar-refractivity contribution is 7.19. The SMILES string of the molecule is CC(C)(C)OC(=O)Nc1cncc2cc(CO)sc12. The quantitative estimate of drug-likeness (QED) is 0.886. The number of rotatable bonds is 2. The first-order valence-corrected chi connectivity index (χ1v) is 6.68. The van der Waals surface area contributed by atoms with Crippen LogP contribution in [0, 0.1) is 0 Å². The lowest BCUT2D eigenvalue weighted by Crippen LogP contribution is -2.27. The van der Waals surface area contributed by atoms with Gasteiger partial charge in [0, 0.05) is 16.5 Å². The first kappa shape index (κ1) is 13.8. The average molecular weight is 280 g/mol. The van der Waals surface area contributed by atoms with Crippen molar-refractivity contribution in [2.45, 2.75) is 33.0 Å². The number of hydrogen-bond donors (Lipinski definition) is 2. The molecule has 2 heterocycles. The molecule has 1 amide bonds. The molecule has 0 aliphatic carbocycles. The lowest BCUT2D eigenvalue weighted by Gasteiger charge is -2.19. The van der Waals surface area contributed by atoms with Crippen molar-refractivity contribution in [1.82, 2.24) is 4.98 Å². The number of thiophene rings is 1. The van der Waals surface area contributed by atoms with Crippen molar-refractivity contribution in [3.8, 4) is 0 Å². The lowest BCUT2D eigenvalue weighted by molar-refractivity contribution is 0.0636. The van der Waals surface area contributed by atoms with Gasteiger partial charge in [-0.1, -0.05) is 0 Å². The minimum Gasteiger partial charge on any atom is -0.444 e. The Morgan fingerprint density at radius 3 is 2.84 bits per heavy atom. The van der Waals surface area contributed by atoms with Crippen LogP contribution in [0.4, 0.5) is 10.5 Å². The van der Waals surface area contributed by atoms with Gasteiger partial charge in [0.15, 0.2) is 0 Å². The number of aliphatic hydroxyl groups excluding tert-OH is 1. The normalized spacial score (nSPS) is 11.6. The van der Waals surface area contributed by atoms with Crippen molar-refractivity contribution in [3.63, 3.8) is 0 Å². The number of nitrogens with one attached hydrogen (secondary N) is 1. The summed E-state index contributed by atoms with van der Waals surface area (Å²) in [6.45, 7) is 5.40. The number of aromatic nitrogens is 1. The molecular weight excluding hydrogens is 264 g/mol. The van der Waals surface area contributed by atoms with Crippen LogP contribution in [0.2, 0.25) is 0 Å². The van der Waals surface area contributed by atoms with E-state index in [2.05, 4.69) is 10.3 Å². The number of hydrogen-bond acceptors (Lipinski definition) is 5. The van der Waals surface area contributed by atoms with E-state index in [0.717, 1.165) is 15.0 Å². The van der Waals surface area contributed by atoms with Crippen LogP contribution < -0.4 is 5.32 Å². The van der Waals surface area contributed by atoms with Gasteiger partial charge in [-0.2, -0.15) is 0 Å². The third-order valence-electron chi connectivity index (χ3n) is 2.27. The molecule has 5 nitrogen and oxygen atoms in total. The fraction of sp³-hybridized carbons (Fsp3) is 0.385. The van der Waals surface area contributed by atoms with E-state index >= 15 is 0 Å². The highest BCUT2D eigenvalue weighted by Gasteiger charge is 2.17. The van der Waals surface area contributed by atoms with Gasteiger partial charge < -0.3 is 9.84 Å². The minimum absolute atomic E-state index is 0.0226. The Morgan fingerprint density at radius 1 is 1.47 bits per heavy atom. The van der Waals surface area contributed by atoms with E-state index in [-0.39, 0.29) is 6.61 Å². The second-order valence-corrected chi connectivity index (χ2v) is 6.24. The van der Waals surface area contributed by atoms with E-state index in [4.69, 9.17) is 9.84 Å². The van der Waals surface area contributed by atoms with Gasteiger partial charge >= 0.3 is 6.09 Å². The van der Waals surface area contributed by atoms with Crippen LogP contribution >= 0.6 is 11.3 Å². The second-order valence-electron chi connectivity index (χ2n) is 5.10. The monoisotopic (exact) mass is 280 g/mol. The molecule has 0 saturated heterocycles. The van der Waals surface area contributed by atoms with E-state index in [1.165, 1.54) is 11.3 Å². The standard InChI is InChI=1S/C13H16N2O3S/c1-13(2,3)18-12(17)15-10-6-14-5-8-4-9(7-16)19-11(8)10/h4-6,16H,7H2,1-3H3,(H,15,17). The summed E-state index contributed by atoms with van der Waals surface area (Å²) >= 11 is 1.42. The maximum Gasteiger partial charge on any atom is 0.412 e. The first-order valence-electron chi connectivity index (χ1n) is 5.86. The van der Waals surface area contributed by atoms with E-state index < -0.39 is 11.7 Å². The number of fused-ring (bicyclic) bond motifs is 1. The van der Waals surface area contributed by atoms with Crippen LogP contribution in [-0.2, 0) is 11.3 Å². The van der Waals surface area contributed by atoms with Crippen LogP contribution in [-0.4, -0.2) is 21.8 Å². The maximum absolute atomic E-state index is 11.7. The van der Waals surface area contributed by atoms with Gasteiger partial charge in [-0.15, -0.1) is 11.3 Å². The molecule has 0 aromatic carbocycles. The van der Waals surface area contributed by atoms with Crippen molar-refractivity contribution >= 4 is 33.2 Å². The summed E-state index contributed by atoms with van der Waals surface area (Å²) in [5.41, 5.74) is 0.0494. The summed E-state index contributed by atoms with van der Waals surface area (Å²) in [6, 6.07) is 1.85. The summed E-state index contributed by atoms with van der Waals surface area (Å²) in [4.78, 5) is 16.6. The molecule has 2 N–H and O–H groups in total. The molecule has 0 spiro atoms. The molecule has 0 saturated carbocycles. The molecule has 19 heavy (non-hydrogen) atoms. The highest BCUT2D eigenvalue weighted by atomic mass is 32.1. The smallest absolute Gasteiger partial charge is 0.412 e. The van der Waals surface area contributed by atoms with Crippen LogP contribution in [0.3, 0.4) is 0 Å². The Hall–Kier alpha value is -1.66. The van der Waals surface area contributed by atoms with Gasteiger partial charge in [0.25, 0.3) is 0 Å². The molecule has 0 fully saturated rings. The molecule has 2 aromatic rings. The molecule has 0 aliphatic heterocycles. The van der Waals surface area contributed by atoms with Gasteiger partial charge in [0.1, 0.15) is 5.60 Å². The zero-order chi connectivity index (χ0) is 14.0. The van der Waals surface area contributed by atoms with Gasteiger partial charge in [0.2, 0.25) is 0 Å². The van der Waals surface area contributed by atoms with Crippen molar-refractivity contribution < 1.29 is 14.6 Å². The number of aliphatic hydroxyl groups is 1. The fourth-order valence-corrected chi connectivity index (χ4v) is 2.55. The fourth-order valence-electron chi connectivity index (χ4n) is 1.60. The summed E-state index contributed by atoms with van der Waals surface area (Å²) in [5, 5.41) is 12.7. The molecule has 0 unspecified atom stereocenters. The number of pyridine rings is 1. The lowest BCUT2D eigenvalue weighted by atomic mass is 10.2. The Bertz CT molecular complexity index is 601. The molecule has 102 valence electrons. The molecule has 2 aromatic heterocycles. The third kappa shape index (κ3) is 3.42. The van der Waals surface area contributed by atoms with Crippen LogP contribution in [0.15, 0.2) is 18.5 Å². The Kier molecular flexibility index (Phi) is 3.73. The molecular formula is C13H16N2O3S. The number of carbonyl (C=O) groups is 1. The highest BCUT2D eigenvalue weighted by Crippen LogP contribution is 2.31. The number of amides is 1. The van der Waals surface area contributed by atoms with E-state index in [1.807, 2.05) is 6.07 Å². The van der Waals surface area contributed by atoms with Gasteiger partial charge in [-0.25, -0.2) is 4.79 Å².